The quantitative estimate of drug-likeness (QED) is 0.739. The number of fused-ring (bicyclic) bond motifs is 1. The number of halogens is 1. The number of hydrogen-bond donors (Lipinski definition) is 0. The van der Waals surface area contributed by atoms with Gasteiger partial charge in [0.15, 0.2) is 5.65 Å². The highest BCUT2D eigenvalue weighted by Crippen LogP contribution is 2.13. The molecule has 3 rings (SSSR count). The molecule has 0 fully saturated rings. The first kappa shape index (κ1) is 12.4. The number of nitrogens with zero attached hydrogens (tertiary/aromatic N) is 3. The Labute approximate surface area is 120 Å². The summed E-state index contributed by atoms with van der Waals surface area (Å²) in [6.45, 7) is 2.10. The van der Waals surface area contributed by atoms with Crippen molar-refractivity contribution in [2.75, 3.05) is 0 Å². The molecule has 2 aromatic heterocycles. The summed E-state index contributed by atoms with van der Waals surface area (Å²) < 4.78 is 3.08. The van der Waals surface area contributed by atoms with Crippen LogP contribution in [-0.4, -0.2) is 14.6 Å². The second-order valence-electron chi connectivity index (χ2n) is 4.68. The Kier molecular flexibility index (Phi) is 3.34. The Morgan fingerprint density at radius 3 is 2.58 bits per heavy atom. The SMILES string of the molecule is Cc1ccc(CCc2nnc3ccc(Br)cn23)cc1. The minimum absolute atomic E-state index is 0.890. The maximum absolute atomic E-state index is 4.26. The van der Waals surface area contributed by atoms with Crippen LogP contribution in [0.25, 0.3) is 5.65 Å². The molecule has 3 nitrogen and oxygen atoms in total. The fourth-order valence-corrected chi connectivity index (χ4v) is 2.43. The van der Waals surface area contributed by atoms with E-state index in [1.54, 1.807) is 0 Å². The second kappa shape index (κ2) is 5.13. The number of aryl methyl sites for hydroxylation is 3. The van der Waals surface area contributed by atoms with Crippen molar-refractivity contribution in [3.05, 3.63) is 64.0 Å². The third-order valence-electron chi connectivity index (χ3n) is 3.19. The Balaban J connectivity index is 1.81. The second-order valence-corrected chi connectivity index (χ2v) is 5.59. The number of hydrogen-bond acceptors (Lipinski definition) is 2. The van der Waals surface area contributed by atoms with Crippen molar-refractivity contribution in [2.24, 2.45) is 0 Å². The first-order valence-electron chi connectivity index (χ1n) is 6.27. The molecule has 3 aromatic rings. The predicted molar refractivity (Wildman–Crippen MR) is 79.3 cm³/mol. The van der Waals surface area contributed by atoms with Gasteiger partial charge in [-0.2, -0.15) is 0 Å². The molecule has 0 saturated heterocycles. The van der Waals surface area contributed by atoms with Crippen LogP contribution in [0.2, 0.25) is 0 Å². The van der Waals surface area contributed by atoms with E-state index < -0.39 is 0 Å². The average molecular weight is 316 g/mol. The van der Waals surface area contributed by atoms with Crippen molar-refractivity contribution in [3.63, 3.8) is 0 Å². The zero-order valence-corrected chi connectivity index (χ0v) is 12.3. The van der Waals surface area contributed by atoms with Gasteiger partial charge in [0.25, 0.3) is 0 Å². The van der Waals surface area contributed by atoms with Gasteiger partial charge in [-0.1, -0.05) is 29.8 Å². The first-order chi connectivity index (χ1) is 9.22. The molecule has 19 heavy (non-hydrogen) atoms. The monoisotopic (exact) mass is 315 g/mol. The fourth-order valence-electron chi connectivity index (χ4n) is 2.09. The molecule has 0 aliphatic carbocycles. The van der Waals surface area contributed by atoms with E-state index in [0.29, 0.717) is 0 Å². The molecule has 4 heteroatoms. The molecule has 0 spiro atoms. The van der Waals surface area contributed by atoms with Gasteiger partial charge in [-0.15, -0.1) is 10.2 Å². The lowest BCUT2D eigenvalue weighted by molar-refractivity contribution is 0.838. The minimum Gasteiger partial charge on any atom is -0.285 e. The van der Waals surface area contributed by atoms with E-state index in [4.69, 9.17) is 0 Å². The summed E-state index contributed by atoms with van der Waals surface area (Å²) in [4.78, 5) is 0. The van der Waals surface area contributed by atoms with Crippen LogP contribution in [0.1, 0.15) is 17.0 Å². The van der Waals surface area contributed by atoms with Gasteiger partial charge in [-0.25, -0.2) is 0 Å². The molecule has 1 aromatic carbocycles. The standard InChI is InChI=1S/C15H14BrN3/c1-11-2-4-12(5-3-11)6-8-14-17-18-15-9-7-13(16)10-19(14)15/h2-5,7,9-10H,6,8H2,1H3. The van der Waals surface area contributed by atoms with Crippen molar-refractivity contribution in [3.8, 4) is 0 Å². The molecule has 96 valence electrons. The van der Waals surface area contributed by atoms with Crippen LogP contribution in [-0.2, 0) is 12.8 Å². The zero-order chi connectivity index (χ0) is 13.2. The van der Waals surface area contributed by atoms with E-state index in [2.05, 4.69) is 57.3 Å². The van der Waals surface area contributed by atoms with E-state index in [0.717, 1.165) is 28.8 Å². The summed E-state index contributed by atoms with van der Waals surface area (Å²) >= 11 is 3.48. The molecular formula is C15H14BrN3. The van der Waals surface area contributed by atoms with E-state index in [-0.39, 0.29) is 0 Å². The molecule has 0 aliphatic heterocycles. The largest absolute Gasteiger partial charge is 0.285 e. The number of pyridine rings is 1. The van der Waals surface area contributed by atoms with Crippen molar-refractivity contribution in [1.82, 2.24) is 14.6 Å². The summed E-state index contributed by atoms with van der Waals surface area (Å²) in [5, 5.41) is 8.44. The molecule has 0 radical (unpaired) electrons. The Morgan fingerprint density at radius 1 is 1.00 bits per heavy atom. The van der Waals surface area contributed by atoms with Crippen LogP contribution in [0.5, 0.6) is 0 Å². The van der Waals surface area contributed by atoms with Crippen LogP contribution in [0.3, 0.4) is 0 Å². The lowest BCUT2D eigenvalue weighted by Gasteiger charge is -2.02. The molecule has 0 bridgehead atoms. The lowest BCUT2D eigenvalue weighted by atomic mass is 10.1. The molecule has 0 atom stereocenters. The summed E-state index contributed by atoms with van der Waals surface area (Å²) in [6, 6.07) is 12.6. The van der Waals surface area contributed by atoms with Crippen LogP contribution < -0.4 is 0 Å². The van der Waals surface area contributed by atoms with Crippen LogP contribution in [0.15, 0.2) is 47.1 Å². The summed E-state index contributed by atoms with van der Waals surface area (Å²) in [5.41, 5.74) is 3.51. The van der Waals surface area contributed by atoms with Crippen LogP contribution in [0, 0.1) is 6.92 Å². The Morgan fingerprint density at radius 2 is 1.79 bits per heavy atom. The Bertz CT molecular complexity index is 701. The van der Waals surface area contributed by atoms with Crippen LogP contribution >= 0.6 is 15.9 Å². The molecule has 0 N–H and O–H groups in total. The first-order valence-corrected chi connectivity index (χ1v) is 7.06. The van der Waals surface area contributed by atoms with E-state index in [1.807, 2.05) is 22.7 Å². The van der Waals surface area contributed by atoms with Gasteiger partial charge in [-0.05, 0) is 47.0 Å². The van der Waals surface area contributed by atoms with Crippen molar-refractivity contribution < 1.29 is 0 Å². The number of aromatic nitrogens is 3. The molecule has 0 saturated carbocycles. The van der Waals surface area contributed by atoms with Crippen LogP contribution in [0.4, 0.5) is 0 Å². The van der Waals surface area contributed by atoms with Gasteiger partial charge in [0.2, 0.25) is 0 Å². The van der Waals surface area contributed by atoms with Gasteiger partial charge in [0, 0.05) is 17.1 Å². The van der Waals surface area contributed by atoms with E-state index in [1.165, 1.54) is 11.1 Å². The summed E-state index contributed by atoms with van der Waals surface area (Å²) in [5.74, 6) is 0.997. The highest BCUT2D eigenvalue weighted by atomic mass is 79.9. The van der Waals surface area contributed by atoms with Crippen molar-refractivity contribution >= 4 is 21.6 Å². The van der Waals surface area contributed by atoms with Gasteiger partial charge < -0.3 is 0 Å². The molecule has 0 aliphatic rings. The molecule has 0 amide bonds. The fraction of sp³-hybridized carbons (Fsp3) is 0.200. The maximum Gasteiger partial charge on any atom is 0.160 e. The highest BCUT2D eigenvalue weighted by molar-refractivity contribution is 9.10. The normalized spacial score (nSPS) is 11.1. The van der Waals surface area contributed by atoms with Gasteiger partial charge >= 0.3 is 0 Å². The summed E-state index contributed by atoms with van der Waals surface area (Å²) in [7, 11) is 0. The van der Waals surface area contributed by atoms with E-state index >= 15 is 0 Å². The van der Waals surface area contributed by atoms with Crippen molar-refractivity contribution in [2.45, 2.75) is 19.8 Å². The van der Waals surface area contributed by atoms with Gasteiger partial charge in [0.1, 0.15) is 5.82 Å². The molecule has 0 unspecified atom stereocenters. The third-order valence-corrected chi connectivity index (χ3v) is 3.66. The predicted octanol–water partition coefficient (Wildman–Crippen LogP) is 3.59. The van der Waals surface area contributed by atoms with E-state index in [9.17, 15) is 0 Å². The molecule has 2 heterocycles. The topological polar surface area (TPSA) is 30.2 Å². The Hall–Kier alpha value is -1.68. The maximum atomic E-state index is 4.26. The molecular weight excluding hydrogens is 302 g/mol. The number of benzene rings is 1. The van der Waals surface area contributed by atoms with Crippen molar-refractivity contribution in [1.29, 1.82) is 0 Å². The third kappa shape index (κ3) is 2.68. The average Bonchev–Trinajstić information content (AvgIpc) is 2.80. The lowest BCUT2D eigenvalue weighted by Crippen LogP contribution is -1.98. The zero-order valence-electron chi connectivity index (χ0n) is 10.7. The summed E-state index contributed by atoms with van der Waals surface area (Å²) in [6.07, 6.45) is 3.88. The smallest absolute Gasteiger partial charge is 0.160 e. The highest BCUT2D eigenvalue weighted by Gasteiger charge is 2.05. The minimum atomic E-state index is 0.890. The van der Waals surface area contributed by atoms with Gasteiger partial charge in [-0.3, -0.25) is 4.40 Å². The van der Waals surface area contributed by atoms with Gasteiger partial charge in [0.05, 0.1) is 0 Å². The number of rotatable bonds is 3.